The predicted molar refractivity (Wildman–Crippen MR) is 108 cm³/mol. The van der Waals surface area contributed by atoms with Crippen molar-refractivity contribution < 1.29 is 4.79 Å². The second-order valence-electron chi connectivity index (χ2n) is 6.73. The summed E-state index contributed by atoms with van der Waals surface area (Å²) in [5.74, 6) is 0.775. The lowest BCUT2D eigenvalue weighted by Gasteiger charge is -2.08. The molecular formula is C19H22N6OS. The largest absolute Gasteiger partial charge is 0.324 e. The van der Waals surface area contributed by atoms with Gasteiger partial charge in [-0.2, -0.15) is 0 Å². The molecule has 0 atom stereocenters. The van der Waals surface area contributed by atoms with Crippen LogP contribution in [0.4, 0.5) is 16.8 Å². The SMILES string of the molecule is Cc1cc(C)nc(Nc2cccc(C(=O)Nc3nnc(CC(C)C)s3)c2)n1. The molecule has 27 heavy (non-hydrogen) atoms. The van der Waals surface area contributed by atoms with Crippen LogP contribution in [0.15, 0.2) is 30.3 Å². The fraction of sp³-hybridized carbons (Fsp3) is 0.316. The summed E-state index contributed by atoms with van der Waals surface area (Å²) >= 11 is 1.40. The molecule has 2 N–H and O–H groups in total. The smallest absolute Gasteiger partial charge is 0.257 e. The molecule has 2 heterocycles. The van der Waals surface area contributed by atoms with Crippen molar-refractivity contribution >= 4 is 34.0 Å². The molecule has 0 spiro atoms. The Labute approximate surface area is 162 Å². The number of carbonyl (C=O) groups is 1. The molecule has 0 bridgehead atoms. The van der Waals surface area contributed by atoms with Gasteiger partial charge in [0.05, 0.1) is 0 Å². The zero-order chi connectivity index (χ0) is 19.4. The average molecular weight is 382 g/mol. The van der Waals surface area contributed by atoms with E-state index in [1.165, 1.54) is 11.3 Å². The van der Waals surface area contributed by atoms with Crippen LogP contribution >= 0.6 is 11.3 Å². The third kappa shape index (κ3) is 5.30. The third-order valence-corrected chi connectivity index (χ3v) is 4.49. The van der Waals surface area contributed by atoms with E-state index in [0.29, 0.717) is 22.6 Å². The van der Waals surface area contributed by atoms with Crippen LogP contribution in [0.5, 0.6) is 0 Å². The summed E-state index contributed by atoms with van der Waals surface area (Å²) in [5, 5.41) is 15.5. The standard InChI is InChI=1S/C19H22N6OS/c1-11(2)8-16-24-25-19(27-16)23-17(26)14-6-5-7-15(10-14)22-18-20-12(3)9-13(4)21-18/h5-7,9-11H,8H2,1-4H3,(H,20,21,22)(H,23,25,26). The van der Waals surface area contributed by atoms with Gasteiger partial charge < -0.3 is 5.32 Å². The van der Waals surface area contributed by atoms with Gasteiger partial charge in [0.2, 0.25) is 11.1 Å². The molecular weight excluding hydrogens is 360 g/mol. The maximum Gasteiger partial charge on any atom is 0.257 e. The minimum absolute atomic E-state index is 0.229. The zero-order valence-corrected chi connectivity index (χ0v) is 16.6. The van der Waals surface area contributed by atoms with E-state index in [9.17, 15) is 4.79 Å². The summed E-state index contributed by atoms with van der Waals surface area (Å²) < 4.78 is 0. The number of hydrogen-bond donors (Lipinski definition) is 2. The van der Waals surface area contributed by atoms with Crippen LogP contribution in [0.25, 0.3) is 0 Å². The van der Waals surface area contributed by atoms with Crippen LogP contribution in [0.3, 0.4) is 0 Å². The second kappa shape index (κ2) is 8.22. The Bertz CT molecular complexity index is 933. The van der Waals surface area contributed by atoms with Crippen molar-refractivity contribution in [3.8, 4) is 0 Å². The lowest BCUT2D eigenvalue weighted by molar-refractivity contribution is 0.102. The van der Waals surface area contributed by atoms with Crippen LogP contribution in [-0.4, -0.2) is 26.1 Å². The molecule has 7 nitrogen and oxygen atoms in total. The molecule has 0 unspecified atom stereocenters. The van der Waals surface area contributed by atoms with Crippen molar-refractivity contribution in [3.05, 3.63) is 52.3 Å². The summed E-state index contributed by atoms with van der Waals surface area (Å²) in [6.07, 6.45) is 0.850. The van der Waals surface area contributed by atoms with E-state index >= 15 is 0 Å². The molecule has 0 saturated carbocycles. The Balaban J connectivity index is 1.70. The molecule has 0 aliphatic heterocycles. The maximum atomic E-state index is 12.5. The van der Waals surface area contributed by atoms with Crippen molar-refractivity contribution in [2.75, 3.05) is 10.6 Å². The summed E-state index contributed by atoms with van der Waals surface area (Å²) in [4.78, 5) is 21.2. The maximum absolute atomic E-state index is 12.5. The predicted octanol–water partition coefficient (Wildman–Crippen LogP) is 4.14. The Morgan fingerprint density at radius 3 is 2.56 bits per heavy atom. The van der Waals surface area contributed by atoms with Gasteiger partial charge >= 0.3 is 0 Å². The Kier molecular flexibility index (Phi) is 5.75. The molecule has 2 aromatic heterocycles. The van der Waals surface area contributed by atoms with Gasteiger partial charge in [0.1, 0.15) is 5.01 Å². The van der Waals surface area contributed by atoms with Gasteiger partial charge in [0, 0.05) is 29.1 Å². The third-order valence-electron chi connectivity index (χ3n) is 3.63. The number of hydrogen-bond acceptors (Lipinski definition) is 7. The van der Waals surface area contributed by atoms with E-state index in [4.69, 9.17) is 0 Å². The average Bonchev–Trinajstić information content (AvgIpc) is 3.00. The van der Waals surface area contributed by atoms with Gasteiger partial charge in [0.25, 0.3) is 5.91 Å². The molecule has 0 fully saturated rings. The van der Waals surface area contributed by atoms with E-state index in [1.807, 2.05) is 32.0 Å². The lowest BCUT2D eigenvalue weighted by Crippen LogP contribution is -2.12. The molecule has 0 aliphatic rings. The molecule has 0 radical (unpaired) electrons. The normalized spacial score (nSPS) is 10.9. The topological polar surface area (TPSA) is 92.7 Å². The molecule has 3 rings (SSSR count). The molecule has 1 aromatic carbocycles. The van der Waals surface area contributed by atoms with E-state index < -0.39 is 0 Å². The minimum atomic E-state index is -0.229. The van der Waals surface area contributed by atoms with E-state index in [0.717, 1.165) is 28.5 Å². The van der Waals surface area contributed by atoms with Crippen LogP contribution in [-0.2, 0) is 6.42 Å². The second-order valence-corrected chi connectivity index (χ2v) is 7.80. The van der Waals surface area contributed by atoms with Crippen LogP contribution in [0, 0.1) is 19.8 Å². The molecule has 0 saturated heterocycles. The highest BCUT2D eigenvalue weighted by Gasteiger charge is 2.12. The lowest BCUT2D eigenvalue weighted by atomic mass is 10.1. The first-order valence-corrected chi connectivity index (χ1v) is 9.54. The van der Waals surface area contributed by atoms with Crippen molar-refractivity contribution in [2.24, 2.45) is 5.92 Å². The first kappa shape index (κ1) is 18.9. The monoisotopic (exact) mass is 382 g/mol. The molecule has 3 aromatic rings. The molecule has 1 amide bonds. The summed E-state index contributed by atoms with van der Waals surface area (Å²) in [7, 11) is 0. The van der Waals surface area contributed by atoms with Gasteiger partial charge in [-0.3, -0.25) is 10.1 Å². The highest BCUT2D eigenvalue weighted by molar-refractivity contribution is 7.15. The molecule has 0 aliphatic carbocycles. The number of benzene rings is 1. The number of carbonyl (C=O) groups excluding carboxylic acids is 1. The minimum Gasteiger partial charge on any atom is -0.324 e. The molecule has 8 heteroatoms. The van der Waals surface area contributed by atoms with Gasteiger partial charge in [0.15, 0.2) is 0 Å². The summed E-state index contributed by atoms with van der Waals surface area (Å²) in [6.45, 7) is 8.08. The Morgan fingerprint density at radius 1 is 1.11 bits per heavy atom. The first-order valence-electron chi connectivity index (χ1n) is 8.72. The number of amides is 1. The zero-order valence-electron chi connectivity index (χ0n) is 15.8. The van der Waals surface area contributed by atoms with Crippen LogP contribution < -0.4 is 10.6 Å². The van der Waals surface area contributed by atoms with Gasteiger partial charge in [-0.05, 0) is 44.0 Å². The van der Waals surface area contributed by atoms with Gasteiger partial charge in [-0.15, -0.1) is 10.2 Å². The first-order chi connectivity index (χ1) is 12.9. The van der Waals surface area contributed by atoms with Crippen molar-refractivity contribution in [1.29, 1.82) is 0 Å². The van der Waals surface area contributed by atoms with Crippen LogP contribution in [0.2, 0.25) is 0 Å². The van der Waals surface area contributed by atoms with E-state index in [-0.39, 0.29) is 5.91 Å². The number of rotatable bonds is 6. The highest BCUT2D eigenvalue weighted by Crippen LogP contribution is 2.20. The molecule has 140 valence electrons. The van der Waals surface area contributed by atoms with E-state index in [2.05, 4.69) is 44.6 Å². The fourth-order valence-corrected chi connectivity index (χ4v) is 3.50. The number of aromatic nitrogens is 4. The van der Waals surface area contributed by atoms with E-state index in [1.54, 1.807) is 12.1 Å². The fourth-order valence-electron chi connectivity index (χ4n) is 2.55. The van der Waals surface area contributed by atoms with Crippen molar-refractivity contribution in [3.63, 3.8) is 0 Å². The number of nitrogens with one attached hydrogen (secondary N) is 2. The Hall–Kier alpha value is -2.87. The highest BCUT2D eigenvalue weighted by atomic mass is 32.1. The number of nitrogens with zero attached hydrogens (tertiary/aromatic N) is 4. The summed E-state index contributed by atoms with van der Waals surface area (Å²) in [6, 6.07) is 9.09. The van der Waals surface area contributed by atoms with Crippen molar-refractivity contribution in [1.82, 2.24) is 20.2 Å². The number of aryl methyl sites for hydroxylation is 2. The van der Waals surface area contributed by atoms with Gasteiger partial charge in [-0.25, -0.2) is 9.97 Å². The van der Waals surface area contributed by atoms with Crippen LogP contribution in [0.1, 0.15) is 40.6 Å². The van der Waals surface area contributed by atoms with Gasteiger partial charge in [-0.1, -0.05) is 31.3 Å². The Morgan fingerprint density at radius 2 is 1.85 bits per heavy atom. The summed E-state index contributed by atoms with van der Waals surface area (Å²) in [5.41, 5.74) is 3.02. The quantitative estimate of drug-likeness (QED) is 0.666. The van der Waals surface area contributed by atoms with Crippen molar-refractivity contribution in [2.45, 2.75) is 34.1 Å². The number of anilines is 3.